The van der Waals surface area contributed by atoms with E-state index in [-0.39, 0.29) is 5.56 Å². The topological polar surface area (TPSA) is 68.7 Å². The quantitative estimate of drug-likeness (QED) is 0.914. The van der Waals surface area contributed by atoms with Crippen LogP contribution < -0.4 is 9.47 Å². The highest BCUT2D eigenvalue weighted by Crippen LogP contribution is 2.24. The maximum atomic E-state index is 10.9. The van der Waals surface area contributed by atoms with Crippen LogP contribution in [0, 0.1) is 6.92 Å². The molecule has 0 saturated heterocycles. The molecule has 5 heteroatoms. The van der Waals surface area contributed by atoms with Crippen LogP contribution in [0.4, 0.5) is 0 Å². The summed E-state index contributed by atoms with van der Waals surface area (Å²) in [6.45, 7) is 1.63. The van der Waals surface area contributed by atoms with Gasteiger partial charge in [0.25, 0.3) is 0 Å². The van der Waals surface area contributed by atoms with Crippen LogP contribution in [0.1, 0.15) is 16.1 Å². The van der Waals surface area contributed by atoms with E-state index in [9.17, 15) is 4.79 Å². The molecule has 1 aromatic heterocycles. The molecular formula is C14H13NO4. The average Bonchev–Trinajstić information content (AvgIpc) is 2.38. The summed E-state index contributed by atoms with van der Waals surface area (Å²) in [5, 5.41) is 8.92. The van der Waals surface area contributed by atoms with Gasteiger partial charge in [0, 0.05) is 12.1 Å². The van der Waals surface area contributed by atoms with Crippen molar-refractivity contribution >= 4 is 5.97 Å². The molecule has 0 saturated carbocycles. The second kappa shape index (κ2) is 5.39. The lowest BCUT2D eigenvalue weighted by atomic mass is 10.2. The van der Waals surface area contributed by atoms with Gasteiger partial charge in [0.15, 0.2) is 0 Å². The lowest BCUT2D eigenvalue weighted by Crippen LogP contribution is -2.02. The van der Waals surface area contributed by atoms with Crippen LogP contribution >= 0.6 is 0 Å². The molecule has 0 atom stereocenters. The summed E-state index contributed by atoms with van der Waals surface area (Å²) in [4.78, 5) is 15.0. The number of hydrogen-bond donors (Lipinski definition) is 1. The molecule has 0 spiro atoms. The standard InChI is InChI=1S/C14H13NO4/c1-9-12(14(16)17)6-7-13(15-9)19-11-5-3-4-10(8-11)18-2/h3-8H,1-2H3,(H,16,17). The van der Waals surface area contributed by atoms with Crippen molar-refractivity contribution in [2.45, 2.75) is 6.92 Å². The van der Waals surface area contributed by atoms with E-state index in [0.717, 1.165) is 0 Å². The highest BCUT2D eigenvalue weighted by Gasteiger charge is 2.09. The van der Waals surface area contributed by atoms with E-state index in [1.807, 2.05) is 0 Å². The predicted molar refractivity (Wildman–Crippen MR) is 69.0 cm³/mol. The lowest BCUT2D eigenvalue weighted by Gasteiger charge is -2.08. The summed E-state index contributed by atoms with van der Waals surface area (Å²) in [5.41, 5.74) is 0.575. The summed E-state index contributed by atoms with van der Waals surface area (Å²) in [6.07, 6.45) is 0. The molecule has 0 unspecified atom stereocenters. The Balaban J connectivity index is 2.23. The highest BCUT2D eigenvalue weighted by atomic mass is 16.5. The Labute approximate surface area is 110 Å². The number of nitrogens with zero attached hydrogens (tertiary/aromatic N) is 1. The second-order valence-electron chi connectivity index (χ2n) is 3.87. The smallest absolute Gasteiger partial charge is 0.337 e. The molecule has 2 aromatic rings. The number of pyridine rings is 1. The first kappa shape index (κ1) is 12.9. The van der Waals surface area contributed by atoms with Gasteiger partial charge in [-0.3, -0.25) is 0 Å². The van der Waals surface area contributed by atoms with E-state index >= 15 is 0 Å². The largest absolute Gasteiger partial charge is 0.497 e. The number of carboxylic acids is 1. The molecule has 2 rings (SSSR count). The van der Waals surface area contributed by atoms with Crippen molar-refractivity contribution in [3.8, 4) is 17.4 Å². The van der Waals surface area contributed by atoms with Crippen molar-refractivity contribution < 1.29 is 19.4 Å². The predicted octanol–water partition coefficient (Wildman–Crippen LogP) is 2.89. The number of hydrogen-bond acceptors (Lipinski definition) is 4. The van der Waals surface area contributed by atoms with Crippen molar-refractivity contribution in [3.63, 3.8) is 0 Å². The zero-order valence-corrected chi connectivity index (χ0v) is 10.6. The molecule has 0 radical (unpaired) electrons. The summed E-state index contributed by atoms with van der Waals surface area (Å²) < 4.78 is 10.6. The minimum Gasteiger partial charge on any atom is -0.497 e. The fourth-order valence-electron chi connectivity index (χ4n) is 1.61. The average molecular weight is 259 g/mol. The number of carbonyl (C=O) groups is 1. The second-order valence-corrected chi connectivity index (χ2v) is 3.87. The van der Waals surface area contributed by atoms with Crippen LogP contribution in [-0.2, 0) is 0 Å². The number of aromatic carboxylic acids is 1. The summed E-state index contributed by atoms with van der Waals surface area (Å²) in [5.74, 6) is 0.597. The minimum absolute atomic E-state index is 0.165. The molecule has 5 nitrogen and oxygen atoms in total. The van der Waals surface area contributed by atoms with Crippen LogP contribution in [0.25, 0.3) is 0 Å². The number of aryl methyl sites for hydroxylation is 1. The van der Waals surface area contributed by atoms with Gasteiger partial charge in [0.05, 0.1) is 18.4 Å². The number of methoxy groups -OCH3 is 1. The monoisotopic (exact) mass is 259 g/mol. The Morgan fingerprint density at radius 3 is 2.58 bits per heavy atom. The summed E-state index contributed by atoms with van der Waals surface area (Å²) >= 11 is 0. The van der Waals surface area contributed by atoms with Gasteiger partial charge < -0.3 is 14.6 Å². The van der Waals surface area contributed by atoms with E-state index in [2.05, 4.69) is 4.98 Å². The third-order valence-electron chi connectivity index (χ3n) is 2.55. The Hall–Kier alpha value is -2.56. The van der Waals surface area contributed by atoms with Crippen LogP contribution in [0.3, 0.4) is 0 Å². The molecule has 0 aliphatic rings. The Morgan fingerprint density at radius 2 is 1.95 bits per heavy atom. The molecular weight excluding hydrogens is 246 g/mol. The number of benzene rings is 1. The summed E-state index contributed by atoms with van der Waals surface area (Å²) in [6, 6.07) is 10.1. The summed E-state index contributed by atoms with van der Waals surface area (Å²) in [7, 11) is 1.57. The molecule has 1 heterocycles. The van der Waals surface area contributed by atoms with Crippen LogP contribution in [0.5, 0.6) is 17.4 Å². The molecule has 0 aliphatic carbocycles. The van der Waals surface area contributed by atoms with E-state index in [4.69, 9.17) is 14.6 Å². The van der Waals surface area contributed by atoms with Gasteiger partial charge in [0.1, 0.15) is 11.5 Å². The molecule has 19 heavy (non-hydrogen) atoms. The molecule has 0 aliphatic heterocycles. The molecule has 0 amide bonds. The van der Waals surface area contributed by atoms with Gasteiger partial charge in [-0.1, -0.05) is 6.07 Å². The number of aromatic nitrogens is 1. The van der Waals surface area contributed by atoms with E-state index in [0.29, 0.717) is 23.1 Å². The fourth-order valence-corrected chi connectivity index (χ4v) is 1.61. The van der Waals surface area contributed by atoms with Gasteiger partial charge in [0.2, 0.25) is 5.88 Å². The van der Waals surface area contributed by atoms with Crippen molar-refractivity contribution in [3.05, 3.63) is 47.7 Å². The zero-order valence-electron chi connectivity index (χ0n) is 10.6. The van der Waals surface area contributed by atoms with Crippen LogP contribution in [0.2, 0.25) is 0 Å². The van der Waals surface area contributed by atoms with Gasteiger partial charge in [-0.2, -0.15) is 0 Å². The first-order chi connectivity index (χ1) is 9.10. The first-order valence-electron chi connectivity index (χ1n) is 5.63. The SMILES string of the molecule is COc1cccc(Oc2ccc(C(=O)O)c(C)n2)c1. The van der Waals surface area contributed by atoms with Crippen molar-refractivity contribution in [1.29, 1.82) is 0 Å². The Kier molecular flexibility index (Phi) is 3.66. The maximum absolute atomic E-state index is 10.9. The van der Waals surface area contributed by atoms with Crippen molar-refractivity contribution in [1.82, 2.24) is 4.98 Å². The lowest BCUT2D eigenvalue weighted by molar-refractivity contribution is 0.0695. The van der Waals surface area contributed by atoms with Gasteiger partial charge >= 0.3 is 5.97 Å². The van der Waals surface area contributed by atoms with Crippen LogP contribution in [0.15, 0.2) is 36.4 Å². The third kappa shape index (κ3) is 3.01. The molecule has 0 fully saturated rings. The fraction of sp³-hybridized carbons (Fsp3) is 0.143. The van der Waals surface area contributed by atoms with Gasteiger partial charge in [-0.15, -0.1) is 0 Å². The highest BCUT2D eigenvalue weighted by molar-refractivity contribution is 5.88. The molecule has 1 aromatic carbocycles. The maximum Gasteiger partial charge on any atom is 0.337 e. The zero-order chi connectivity index (χ0) is 13.8. The number of ether oxygens (including phenoxy) is 2. The Bertz CT molecular complexity index is 610. The van der Waals surface area contributed by atoms with E-state index in [1.165, 1.54) is 12.1 Å². The first-order valence-corrected chi connectivity index (χ1v) is 5.63. The minimum atomic E-state index is -1.00. The third-order valence-corrected chi connectivity index (χ3v) is 2.55. The van der Waals surface area contributed by atoms with Gasteiger partial charge in [-0.05, 0) is 25.1 Å². The van der Waals surface area contributed by atoms with E-state index in [1.54, 1.807) is 38.3 Å². The van der Waals surface area contributed by atoms with Crippen molar-refractivity contribution in [2.75, 3.05) is 7.11 Å². The normalized spacial score (nSPS) is 10.0. The number of rotatable bonds is 4. The van der Waals surface area contributed by atoms with Gasteiger partial charge in [-0.25, -0.2) is 9.78 Å². The van der Waals surface area contributed by atoms with Crippen LogP contribution in [-0.4, -0.2) is 23.2 Å². The Morgan fingerprint density at radius 1 is 1.21 bits per heavy atom. The van der Waals surface area contributed by atoms with E-state index < -0.39 is 5.97 Å². The molecule has 1 N–H and O–H groups in total. The molecule has 98 valence electrons. The number of carboxylic acid groups (broad SMARTS) is 1. The van der Waals surface area contributed by atoms with Crippen molar-refractivity contribution in [2.24, 2.45) is 0 Å². The molecule has 0 bridgehead atoms.